The molecule has 3 aromatic rings. The van der Waals surface area contributed by atoms with Crippen LogP contribution in [-0.4, -0.2) is 18.0 Å². The van der Waals surface area contributed by atoms with Crippen molar-refractivity contribution < 1.29 is 9.59 Å². The highest BCUT2D eigenvalue weighted by Gasteiger charge is 2.21. The number of fused-ring (bicyclic) bond motifs is 1. The number of hydrazone groups is 1. The van der Waals surface area contributed by atoms with Crippen molar-refractivity contribution >= 4 is 34.5 Å². The molecule has 0 aliphatic heterocycles. The van der Waals surface area contributed by atoms with Gasteiger partial charge in [-0.25, -0.2) is 5.43 Å². The Kier molecular flexibility index (Phi) is 6.18. The van der Waals surface area contributed by atoms with Crippen LogP contribution < -0.4 is 10.7 Å². The molecule has 2 amide bonds. The first-order chi connectivity index (χ1) is 14.7. The van der Waals surface area contributed by atoms with Crippen LogP contribution >= 0.6 is 0 Å². The summed E-state index contributed by atoms with van der Waals surface area (Å²) in [5.41, 5.74) is 4.70. The maximum absolute atomic E-state index is 12.4. The van der Waals surface area contributed by atoms with Gasteiger partial charge in [0, 0.05) is 22.7 Å². The van der Waals surface area contributed by atoms with Gasteiger partial charge in [0.25, 0.3) is 5.91 Å². The molecule has 1 fully saturated rings. The van der Waals surface area contributed by atoms with E-state index in [0.29, 0.717) is 11.3 Å². The van der Waals surface area contributed by atoms with Crippen LogP contribution in [0.4, 0.5) is 5.69 Å². The number of carbonyl (C=O) groups is 2. The number of benzene rings is 3. The fourth-order valence-corrected chi connectivity index (χ4v) is 3.90. The van der Waals surface area contributed by atoms with Gasteiger partial charge >= 0.3 is 0 Å². The maximum Gasteiger partial charge on any atom is 0.271 e. The highest BCUT2D eigenvalue weighted by atomic mass is 16.2. The molecule has 1 aliphatic rings. The summed E-state index contributed by atoms with van der Waals surface area (Å²) in [4.78, 5) is 24.7. The summed E-state index contributed by atoms with van der Waals surface area (Å²) < 4.78 is 0. The lowest BCUT2D eigenvalue weighted by Crippen LogP contribution is -2.24. The Morgan fingerprint density at radius 1 is 0.867 bits per heavy atom. The summed E-state index contributed by atoms with van der Waals surface area (Å²) in [6.07, 6.45) is 7.03. The van der Waals surface area contributed by atoms with E-state index in [1.807, 2.05) is 42.5 Å². The molecule has 0 saturated heterocycles. The average molecular weight is 399 g/mol. The third-order valence-corrected chi connectivity index (χ3v) is 5.58. The summed E-state index contributed by atoms with van der Waals surface area (Å²) in [5, 5.41) is 9.27. The fraction of sp³-hybridized carbons (Fsp3) is 0.240. The van der Waals surface area contributed by atoms with E-state index in [9.17, 15) is 9.59 Å². The minimum absolute atomic E-state index is 0.0755. The first-order valence-corrected chi connectivity index (χ1v) is 10.4. The van der Waals surface area contributed by atoms with Crippen molar-refractivity contribution in [2.45, 2.75) is 32.1 Å². The monoisotopic (exact) mass is 399 g/mol. The molecule has 0 unspecified atom stereocenters. The van der Waals surface area contributed by atoms with Crippen LogP contribution in [0.5, 0.6) is 0 Å². The molecule has 0 atom stereocenters. The Bertz CT molecular complexity index is 1060. The topological polar surface area (TPSA) is 70.6 Å². The van der Waals surface area contributed by atoms with Gasteiger partial charge in [-0.1, -0.05) is 61.7 Å². The molecular formula is C25H25N3O2. The van der Waals surface area contributed by atoms with Crippen LogP contribution in [0.1, 0.15) is 48.0 Å². The molecule has 4 rings (SSSR count). The Balaban J connectivity index is 1.35. The lowest BCUT2D eigenvalue weighted by molar-refractivity contribution is -0.120. The first-order valence-electron chi connectivity index (χ1n) is 10.4. The van der Waals surface area contributed by atoms with Crippen LogP contribution in [0.25, 0.3) is 10.8 Å². The van der Waals surface area contributed by atoms with E-state index >= 15 is 0 Å². The second kappa shape index (κ2) is 9.35. The Morgan fingerprint density at radius 2 is 1.60 bits per heavy atom. The number of amides is 2. The molecule has 5 heteroatoms. The highest BCUT2D eigenvalue weighted by Crippen LogP contribution is 2.25. The molecule has 2 N–H and O–H groups in total. The summed E-state index contributed by atoms with van der Waals surface area (Å²) in [6.45, 7) is 0. The van der Waals surface area contributed by atoms with Crippen molar-refractivity contribution in [3.05, 3.63) is 77.9 Å². The van der Waals surface area contributed by atoms with Gasteiger partial charge in [0.2, 0.25) is 5.91 Å². The molecule has 5 nitrogen and oxygen atoms in total. The quantitative estimate of drug-likeness (QED) is 0.462. The standard InChI is InChI=1S/C25H25N3O2/c29-24(19-8-2-1-3-9-19)27-22-15-13-20(14-16-22)25(30)28-26-17-21-11-6-10-18-7-4-5-12-23(18)21/h4-7,10-17,19H,1-3,8-9H2,(H,27,29)(H,28,30)/b26-17+. The van der Waals surface area contributed by atoms with Crippen LogP contribution in [0, 0.1) is 5.92 Å². The van der Waals surface area contributed by atoms with Crippen molar-refractivity contribution in [2.75, 3.05) is 5.32 Å². The lowest BCUT2D eigenvalue weighted by atomic mass is 9.88. The molecule has 0 radical (unpaired) electrons. The molecule has 3 aromatic carbocycles. The van der Waals surface area contributed by atoms with Gasteiger partial charge in [-0.15, -0.1) is 0 Å². The van der Waals surface area contributed by atoms with Gasteiger partial charge in [-0.3, -0.25) is 9.59 Å². The zero-order valence-corrected chi connectivity index (χ0v) is 16.8. The summed E-state index contributed by atoms with van der Waals surface area (Å²) >= 11 is 0. The van der Waals surface area contributed by atoms with Gasteiger partial charge < -0.3 is 5.32 Å². The third-order valence-electron chi connectivity index (χ3n) is 5.58. The molecule has 1 aliphatic carbocycles. The highest BCUT2D eigenvalue weighted by molar-refractivity contribution is 6.01. The van der Waals surface area contributed by atoms with Crippen LogP contribution in [0.2, 0.25) is 0 Å². The Hall–Kier alpha value is -3.47. The van der Waals surface area contributed by atoms with E-state index in [0.717, 1.165) is 42.0 Å². The van der Waals surface area contributed by atoms with Gasteiger partial charge in [0.15, 0.2) is 0 Å². The number of hydrogen-bond acceptors (Lipinski definition) is 3. The lowest BCUT2D eigenvalue weighted by Gasteiger charge is -2.20. The zero-order valence-electron chi connectivity index (χ0n) is 16.8. The van der Waals surface area contributed by atoms with E-state index in [-0.39, 0.29) is 17.7 Å². The second-order valence-corrected chi connectivity index (χ2v) is 7.67. The van der Waals surface area contributed by atoms with E-state index < -0.39 is 0 Å². The van der Waals surface area contributed by atoms with Crippen molar-refractivity contribution in [2.24, 2.45) is 11.0 Å². The van der Waals surface area contributed by atoms with Gasteiger partial charge in [-0.2, -0.15) is 5.10 Å². The largest absolute Gasteiger partial charge is 0.326 e. The van der Waals surface area contributed by atoms with Crippen molar-refractivity contribution in [3.8, 4) is 0 Å². The summed E-state index contributed by atoms with van der Waals surface area (Å²) in [7, 11) is 0. The third kappa shape index (κ3) is 4.74. The van der Waals surface area contributed by atoms with Crippen LogP contribution in [0.15, 0.2) is 71.8 Å². The number of nitrogens with zero attached hydrogens (tertiary/aromatic N) is 1. The number of hydrogen-bond donors (Lipinski definition) is 2. The molecule has 152 valence electrons. The predicted molar refractivity (Wildman–Crippen MR) is 121 cm³/mol. The summed E-state index contributed by atoms with van der Waals surface area (Å²) in [6, 6.07) is 20.9. The number of nitrogens with one attached hydrogen (secondary N) is 2. The van der Waals surface area contributed by atoms with E-state index in [2.05, 4.69) is 15.8 Å². The molecule has 0 spiro atoms. The molecule has 0 bridgehead atoms. The normalized spacial score (nSPS) is 14.7. The molecule has 1 saturated carbocycles. The van der Waals surface area contributed by atoms with Crippen molar-refractivity contribution in [1.82, 2.24) is 5.43 Å². The van der Waals surface area contributed by atoms with Crippen molar-refractivity contribution in [3.63, 3.8) is 0 Å². The SMILES string of the molecule is O=C(N/N=C/c1cccc2ccccc12)c1ccc(NC(=O)C2CCCCC2)cc1. The second-order valence-electron chi connectivity index (χ2n) is 7.67. The predicted octanol–water partition coefficient (Wildman–Crippen LogP) is 5.12. The fourth-order valence-electron chi connectivity index (χ4n) is 3.90. The maximum atomic E-state index is 12.4. The first kappa shape index (κ1) is 19.8. The molecular weight excluding hydrogens is 374 g/mol. The minimum atomic E-state index is -0.295. The molecule has 0 heterocycles. The van der Waals surface area contributed by atoms with Crippen LogP contribution in [-0.2, 0) is 4.79 Å². The van der Waals surface area contributed by atoms with Crippen LogP contribution in [0.3, 0.4) is 0 Å². The number of anilines is 1. The van der Waals surface area contributed by atoms with Gasteiger partial charge in [-0.05, 0) is 47.9 Å². The van der Waals surface area contributed by atoms with Crippen molar-refractivity contribution in [1.29, 1.82) is 0 Å². The van der Waals surface area contributed by atoms with Gasteiger partial charge in [0.1, 0.15) is 0 Å². The average Bonchev–Trinajstić information content (AvgIpc) is 2.80. The minimum Gasteiger partial charge on any atom is -0.326 e. The van der Waals surface area contributed by atoms with Gasteiger partial charge in [0.05, 0.1) is 6.21 Å². The van der Waals surface area contributed by atoms with E-state index in [1.165, 1.54) is 6.42 Å². The van der Waals surface area contributed by atoms with E-state index in [1.54, 1.807) is 30.5 Å². The summed E-state index contributed by atoms with van der Waals surface area (Å²) in [5.74, 6) is -0.117. The van der Waals surface area contributed by atoms with E-state index in [4.69, 9.17) is 0 Å². The Labute approximate surface area is 176 Å². The molecule has 30 heavy (non-hydrogen) atoms. The zero-order chi connectivity index (χ0) is 20.8. The Morgan fingerprint density at radius 3 is 2.40 bits per heavy atom. The molecule has 0 aromatic heterocycles. The number of carbonyl (C=O) groups excluding carboxylic acids is 2. The number of rotatable bonds is 5. The smallest absolute Gasteiger partial charge is 0.271 e.